The molecule has 0 bridgehead atoms. The van der Waals surface area contributed by atoms with Gasteiger partial charge in [0.1, 0.15) is 0 Å². The highest BCUT2D eigenvalue weighted by atomic mass is 35.5. The van der Waals surface area contributed by atoms with E-state index in [0.29, 0.717) is 42.6 Å². The van der Waals surface area contributed by atoms with Gasteiger partial charge in [0.25, 0.3) is 0 Å². The first-order valence-corrected chi connectivity index (χ1v) is 9.62. The van der Waals surface area contributed by atoms with Gasteiger partial charge in [-0.05, 0) is 36.2 Å². The third-order valence-corrected chi connectivity index (χ3v) is 4.98. The van der Waals surface area contributed by atoms with Crippen LogP contribution in [0.4, 0.5) is 11.4 Å². The minimum atomic E-state index is -0.0634. The molecule has 150 valence electrons. The van der Waals surface area contributed by atoms with E-state index in [-0.39, 0.29) is 5.91 Å². The van der Waals surface area contributed by atoms with Crippen LogP contribution in [0.1, 0.15) is 12.0 Å². The molecular weight excluding hydrogens is 380 g/mol. The molecule has 3 rings (SSSR count). The number of aryl methyl sites for hydroxylation is 1. The summed E-state index contributed by atoms with van der Waals surface area (Å²) < 4.78 is 16.0. The fraction of sp³-hybridized carbons (Fsp3) is 0.381. The first-order valence-electron chi connectivity index (χ1n) is 9.24. The molecule has 0 radical (unpaired) electrons. The van der Waals surface area contributed by atoms with E-state index in [1.54, 1.807) is 14.2 Å². The summed E-state index contributed by atoms with van der Waals surface area (Å²) >= 11 is 6.42. The van der Waals surface area contributed by atoms with Crippen LogP contribution in [0.25, 0.3) is 0 Å². The number of rotatable bonds is 7. The third-order valence-electron chi connectivity index (χ3n) is 4.68. The van der Waals surface area contributed by atoms with Crippen LogP contribution in [0.2, 0.25) is 5.02 Å². The number of hydrogen-bond donors (Lipinski definition) is 1. The quantitative estimate of drug-likeness (QED) is 0.761. The van der Waals surface area contributed by atoms with Gasteiger partial charge in [-0.1, -0.05) is 23.7 Å². The maximum atomic E-state index is 12.6. The predicted octanol–water partition coefficient (Wildman–Crippen LogP) is 3.77. The van der Waals surface area contributed by atoms with Gasteiger partial charge in [0, 0.05) is 19.5 Å². The lowest BCUT2D eigenvalue weighted by Crippen LogP contribution is -2.37. The lowest BCUT2D eigenvalue weighted by atomic mass is 10.1. The molecule has 1 N–H and O–H groups in total. The number of methoxy groups -OCH3 is 2. The van der Waals surface area contributed by atoms with E-state index >= 15 is 0 Å². The van der Waals surface area contributed by atoms with E-state index in [1.807, 2.05) is 36.4 Å². The summed E-state index contributed by atoms with van der Waals surface area (Å²) in [5.74, 6) is 1.26. The van der Waals surface area contributed by atoms with Crippen molar-refractivity contribution in [3.8, 4) is 11.5 Å². The van der Waals surface area contributed by atoms with Crippen LogP contribution in [-0.4, -0.2) is 46.4 Å². The fourth-order valence-corrected chi connectivity index (χ4v) is 3.53. The van der Waals surface area contributed by atoms with Gasteiger partial charge < -0.3 is 24.4 Å². The molecule has 28 heavy (non-hydrogen) atoms. The molecule has 0 atom stereocenters. The Bertz CT molecular complexity index is 822. The number of nitrogens with one attached hydrogen (secondary N) is 1. The van der Waals surface area contributed by atoms with Crippen molar-refractivity contribution in [1.29, 1.82) is 0 Å². The molecule has 1 saturated heterocycles. The second-order valence-corrected chi connectivity index (χ2v) is 6.88. The van der Waals surface area contributed by atoms with Gasteiger partial charge in [-0.2, -0.15) is 0 Å². The van der Waals surface area contributed by atoms with Crippen LogP contribution in [0.5, 0.6) is 11.5 Å². The molecule has 2 aromatic rings. The average molecular weight is 405 g/mol. The molecule has 7 heteroatoms. The molecule has 0 saturated carbocycles. The Morgan fingerprint density at radius 1 is 1.14 bits per heavy atom. The van der Waals surface area contributed by atoms with Crippen molar-refractivity contribution in [3.63, 3.8) is 0 Å². The molecular formula is C21H25ClN2O4. The predicted molar refractivity (Wildman–Crippen MR) is 111 cm³/mol. The molecule has 2 aromatic carbocycles. The van der Waals surface area contributed by atoms with Gasteiger partial charge >= 0.3 is 0 Å². The average Bonchev–Trinajstić information content (AvgIpc) is 2.72. The summed E-state index contributed by atoms with van der Waals surface area (Å²) in [6.07, 6.45) is 0.949. The van der Waals surface area contributed by atoms with Crippen LogP contribution in [0.15, 0.2) is 36.4 Å². The second-order valence-electron chi connectivity index (χ2n) is 6.47. The van der Waals surface area contributed by atoms with E-state index in [1.165, 1.54) is 0 Å². The van der Waals surface area contributed by atoms with Crippen molar-refractivity contribution in [2.24, 2.45) is 0 Å². The number of carbonyl (C=O) groups is 1. The van der Waals surface area contributed by atoms with Crippen molar-refractivity contribution in [2.75, 3.05) is 50.7 Å². The lowest BCUT2D eigenvalue weighted by Gasteiger charge is -2.31. The van der Waals surface area contributed by atoms with Crippen molar-refractivity contribution >= 4 is 28.9 Å². The zero-order chi connectivity index (χ0) is 19.9. The van der Waals surface area contributed by atoms with Crippen LogP contribution >= 0.6 is 11.6 Å². The van der Waals surface area contributed by atoms with Crippen molar-refractivity contribution in [2.45, 2.75) is 12.8 Å². The van der Waals surface area contributed by atoms with E-state index in [4.69, 9.17) is 25.8 Å². The largest absolute Gasteiger partial charge is 0.493 e. The Morgan fingerprint density at radius 3 is 2.61 bits per heavy atom. The molecule has 1 amide bonds. The zero-order valence-electron chi connectivity index (χ0n) is 16.2. The Kier molecular flexibility index (Phi) is 7.01. The Hall–Kier alpha value is -2.44. The van der Waals surface area contributed by atoms with E-state index < -0.39 is 0 Å². The summed E-state index contributed by atoms with van der Waals surface area (Å²) in [6, 6.07) is 11.2. The highest BCUT2D eigenvalue weighted by Crippen LogP contribution is 2.34. The first kappa shape index (κ1) is 20.3. The number of hydrogen-bond acceptors (Lipinski definition) is 5. The maximum Gasteiger partial charge on any atom is 0.224 e. The standard InChI is InChI=1S/C21H25ClN2O4/c1-26-18-8-6-15(14-19(18)27-2)7-9-20(25)23-17-5-3-4-16(22)21(17)24-10-12-28-13-11-24/h3-6,8,14H,7,9-13H2,1-2H3,(H,23,25). The molecule has 1 aliphatic rings. The van der Waals surface area contributed by atoms with Crippen LogP contribution in [-0.2, 0) is 16.0 Å². The molecule has 0 aromatic heterocycles. The number of halogens is 1. The topological polar surface area (TPSA) is 60.0 Å². The lowest BCUT2D eigenvalue weighted by molar-refractivity contribution is -0.116. The smallest absolute Gasteiger partial charge is 0.224 e. The number of nitrogens with zero attached hydrogens (tertiary/aromatic N) is 1. The summed E-state index contributed by atoms with van der Waals surface area (Å²) in [5.41, 5.74) is 2.59. The fourth-order valence-electron chi connectivity index (χ4n) is 3.23. The van der Waals surface area contributed by atoms with Crippen molar-refractivity contribution < 1.29 is 19.0 Å². The van der Waals surface area contributed by atoms with Gasteiger partial charge in [0.15, 0.2) is 11.5 Å². The van der Waals surface area contributed by atoms with Crippen molar-refractivity contribution in [3.05, 3.63) is 47.0 Å². The highest BCUT2D eigenvalue weighted by molar-refractivity contribution is 6.34. The number of amides is 1. The number of benzene rings is 2. The second kappa shape index (κ2) is 9.66. The minimum Gasteiger partial charge on any atom is -0.493 e. The van der Waals surface area contributed by atoms with Crippen molar-refractivity contribution in [1.82, 2.24) is 0 Å². The number of anilines is 2. The molecule has 0 aliphatic carbocycles. The molecule has 1 aliphatic heterocycles. The molecule has 1 fully saturated rings. The number of carbonyl (C=O) groups excluding carboxylic acids is 1. The number of para-hydroxylation sites is 1. The van der Waals surface area contributed by atoms with Crippen LogP contribution < -0.4 is 19.7 Å². The molecule has 6 nitrogen and oxygen atoms in total. The Labute approximate surface area is 170 Å². The minimum absolute atomic E-state index is 0.0634. The highest BCUT2D eigenvalue weighted by Gasteiger charge is 2.19. The van der Waals surface area contributed by atoms with Gasteiger partial charge in [-0.3, -0.25) is 4.79 Å². The molecule has 0 spiro atoms. The van der Waals surface area contributed by atoms with Gasteiger partial charge in [0.2, 0.25) is 5.91 Å². The van der Waals surface area contributed by atoms with Gasteiger partial charge in [-0.25, -0.2) is 0 Å². The maximum absolute atomic E-state index is 12.6. The number of ether oxygens (including phenoxy) is 3. The first-order chi connectivity index (χ1) is 13.6. The zero-order valence-corrected chi connectivity index (χ0v) is 16.9. The van der Waals surface area contributed by atoms with Gasteiger partial charge in [0.05, 0.1) is 43.8 Å². The van der Waals surface area contributed by atoms with E-state index in [9.17, 15) is 4.79 Å². The monoisotopic (exact) mass is 404 g/mol. The SMILES string of the molecule is COc1ccc(CCC(=O)Nc2cccc(Cl)c2N2CCOCC2)cc1OC. The molecule has 0 unspecified atom stereocenters. The normalized spacial score (nSPS) is 13.9. The summed E-state index contributed by atoms with van der Waals surface area (Å²) in [7, 11) is 3.20. The summed E-state index contributed by atoms with van der Waals surface area (Å²) in [4.78, 5) is 14.7. The van der Waals surface area contributed by atoms with E-state index in [2.05, 4.69) is 10.2 Å². The number of morpholine rings is 1. The van der Waals surface area contributed by atoms with Crippen LogP contribution in [0, 0.1) is 0 Å². The Morgan fingerprint density at radius 2 is 1.89 bits per heavy atom. The molecule has 1 heterocycles. The summed E-state index contributed by atoms with van der Waals surface area (Å²) in [5, 5.41) is 3.63. The van der Waals surface area contributed by atoms with Crippen LogP contribution in [0.3, 0.4) is 0 Å². The Balaban J connectivity index is 1.66. The third kappa shape index (κ3) is 4.88. The van der Waals surface area contributed by atoms with E-state index in [0.717, 1.165) is 30.0 Å². The van der Waals surface area contributed by atoms with Gasteiger partial charge in [-0.15, -0.1) is 0 Å². The summed E-state index contributed by atoms with van der Waals surface area (Å²) in [6.45, 7) is 2.80.